The molecule has 0 spiro atoms. The van der Waals surface area contributed by atoms with Crippen LogP contribution in [0.1, 0.15) is 40.5 Å². The van der Waals surface area contributed by atoms with Crippen LogP contribution in [0.3, 0.4) is 0 Å². The maximum Gasteiger partial charge on any atom is 0.223 e. The Morgan fingerprint density at radius 2 is 2.15 bits per heavy atom. The number of nitrogens with zero attached hydrogens (tertiary/aromatic N) is 1. The van der Waals surface area contributed by atoms with Crippen LogP contribution in [0, 0.1) is 11.3 Å². The summed E-state index contributed by atoms with van der Waals surface area (Å²) in [5.74, 6) is 1.03. The Bertz CT molecular complexity index is 200. The first-order chi connectivity index (χ1) is 5.97. The van der Waals surface area contributed by atoms with E-state index in [9.17, 15) is 4.79 Å². The molecule has 1 fully saturated rings. The van der Waals surface area contributed by atoms with Gasteiger partial charge in [-0.05, 0) is 24.7 Å². The second-order valence-corrected chi connectivity index (χ2v) is 4.99. The van der Waals surface area contributed by atoms with Crippen molar-refractivity contribution in [3.05, 3.63) is 0 Å². The Morgan fingerprint density at radius 1 is 1.54 bits per heavy atom. The monoisotopic (exact) mass is 183 g/mol. The van der Waals surface area contributed by atoms with Crippen LogP contribution in [-0.2, 0) is 4.79 Å². The molecule has 0 aromatic heterocycles. The smallest absolute Gasteiger partial charge is 0.223 e. The first-order valence-corrected chi connectivity index (χ1v) is 5.24. The van der Waals surface area contributed by atoms with Crippen LogP contribution in [0.4, 0.5) is 0 Å². The molecule has 1 amide bonds. The number of hydrogen-bond acceptors (Lipinski definition) is 1. The molecule has 1 heterocycles. The van der Waals surface area contributed by atoms with Crippen LogP contribution in [0.2, 0.25) is 0 Å². The SMILES string of the molecule is CCN1CC(C)(CC(C)C)CC1=O. The number of rotatable bonds is 3. The van der Waals surface area contributed by atoms with E-state index in [1.165, 1.54) is 0 Å². The van der Waals surface area contributed by atoms with Gasteiger partial charge >= 0.3 is 0 Å². The van der Waals surface area contributed by atoms with Gasteiger partial charge in [0.05, 0.1) is 0 Å². The molecule has 1 saturated heterocycles. The molecule has 0 bridgehead atoms. The molecular weight excluding hydrogens is 162 g/mol. The highest BCUT2D eigenvalue weighted by Crippen LogP contribution is 2.36. The fraction of sp³-hybridized carbons (Fsp3) is 0.909. The summed E-state index contributed by atoms with van der Waals surface area (Å²) in [6.07, 6.45) is 1.91. The van der Waals surface area contributed by atoms with Crippen LogP contribution < -0.4 is 0 Å². The van der Waals surface area contributed by atoms with Gasteiger partial charge in [-0.1, -0.05) is 20.8 Å². The van der Waals surface area contributed by atoms with Gasteiger partial charge in [-0.3, -0.25) is 4.79 Å². The Hall–Kier alpha value is -0.530. The van der Waals surface area contributed by atoms with Crippen molar-refractivity contribution in [3.8, 4) is 0 Å². The summed E-state index contributed by atoms with van der Waals surface area (Å²) < 4.78 is 0. The van der Waals surface area contributed by atoms with E-state index in [2.05, 4.69) is 27.7 Å². The maximum atomic E-state index is 11.5. The second-order valence-electron chi connectivity index (χ2n) is 4.99. The molecule has 0 radical (unpaired) electrons. The van der Waals surface area contributed by atoms with Gasteiger partial charge in [-0.25, -0.2) is 0 Å². The van der Waals surface area contributed by atoms with E-state index in [0.29, 0.717) is 11.8 Å². The molecule has 1 aliphatic heterocycles. The van der Waals surface area contributed by atoms with E-state index in [-0.39, 0.29) is 5.41 Å². The number of carbonyl (C=O) groups is 1. The fourth-order valence-corrected chi connectivity index (χ4v) is 2.49. The largest absolute Gasteiger partial charge is 0.342 e. The summed E-state index contributed by atoms with van der Waals surface area (Å²) in [7, 11) is 0. The lowest BCUT2D eigenvalue weighted by molar-refractivity contribution is -0.127. The highest BCUT2D eigenvalue weighted by atomic mass is 16.2. The molecule has 0 aliphatic carbocycles. The molecule has 1 atom stereocenters. The standard InChI is InChI=1S/C11H21NO/c1-5-12-8-11(4,6-9(2)3)7-10(12)13/h9H,5-8H2,1-4H3. The molecule has 1 rings (SSSR count). The van der Waals surface area contributed by atoms with Crippen molar-refractivity contribution < 1.29 is 4.79 Å². The number of hydrogen-bond donors (Lipinski definition) is 0. The molecule has 0 aromatic rings. The third-order valence-corrected chi connectivity index (χ3v) is 2.79. The van der Waals surface area contributed by atoms with Crippen molar-refractivity contribution in [2.45, 2.75) is 40.5 Å². The summed E-state index contributed by atoms with van der Waals surface area (Å²) in [4.78, 5) is 13.5. The third kappa shape index (κ3) is 2.45. The van der Waals surface area contributed by atoms with E-state index in [1.54, 1.807) is 0 Å². The molecule has 0 N–H and O–H groups in total. The minimum atomic E-state index is 0.237. The zero-order chi connectivity index (χ0) is 10.1. The summed E-state index contributed by atoms with van der Waals surface area (Å²) in [6, 6.07) is 0. The summed E-state index contributed by atoms with van der Waals surface area (Å²) >= 11 is 0. The zero-order valence-electron chi connectivity index (χ0n) is 9.26. The van der Waals surface area contributed by atoms with Crippen LogP contribution in [0.15, 0.2) is 0 Å². The predicted molar refractivity (Wildman–Crippen MR) is 54.4 cm³/mol. The minimum absolute atomic E-state index is 0.237. The lowest BCUT2D eigenvalue weighted by Gasteiger charge is -2.25. The van der Waals surface area contributed by atoms with Crippen LogP contribution in [0.25, 0.3) is 0 Å². The van der Waals surface area contributed by atoms with Gasteiger partial charge in [-0.2, -0.15) is 0 Å². The van der Waals surface area contributed by atoms with Gasteiger partial charge in [0, 0.05) is 19.5 Å². The Kier molecular flexibility index (Phi) is 2.99. The normalized spacial score (nSPS) is 29.0. The molecule has 0 aromatic carbocycles. The topological polar surface area (TPSA) is 20.3 Å². The fourth-order valence-electron chi connectivity index (χ4n) is 2.49. The molecule has 1 aliphatic rings. The van der Waals surface area contributed by atoms with Crippen molar-refractivity contribution in [2.24, 2.45) is 11.3 Å². The van der Waals surface area contributed by atoms with Crippen LogP contribution >= 0.6 is 0 Å². The average Bonchev–Trinajstić information content (AvgIpc) is 2.24. The second kappa shape index (κ2) is 3.69. The average molecular weight is 183 g/mol. The Balaban J connectivity index is 2.59. The van der Waals surface area contributed by atoms with E-state index >= 15 is 0 Å². The van der Waals surface area contributed by atoms with Crippen LogP contribution in [-0.4, -0.2) is 23.9 Å². The van der Waals surface area contributed by atoms with E-state index in [0.717, 1.165) is 25.9 Å². The molecule has 2 heteroatoms. The summed E-state index contributed by atoms with van der Waals surface area (Å²) in [5.41, 5.74) is 0.237. The lowest BCUT2D eigenvalue weighted by Crippen LogP contribution is -2.27. The van der Waals surface area contributed by atoms with Crippen molar-refractivity contribution in [1.82, 2.24) is 4.90 Å². The highest BCUT2D eigenvalue weighted by Gasteiger charge is 2.38. The Labute approximate surface area is 81.3 Å². The van der Waals surface area contributed by atoms with E-state index in [1.807, 2.05) is 4.90 Å². The van der Waals surface area contributed by atoms with E-state index in [4.69, 9.17) is 0 Å². The molecule has 0 saturated carbocycles. The number of amides is 1. The number of likely N-dealkylation sites (tertiary alicyclic amines) is 1. The van der Waals surface area contributed by atoms with Crippen LogP contribution in [0.5, 0.6) is 0 Å². The van der Waals surface area contributed by atoms with Gasteiger partial charge in [0.25, 0.3) is 0 Å². The molecule has 76 valence electrons. The molecular formula is C11H21NO. The lowest BCUT2D eigenvalue weighted by atomic mass is 9.81. The third-order valence-electron chi connectivity index (χ3n) is 2.79. The van der Waals surface area contributed by atoms with E-state index < -0.39 is 0 Å². The zero-order valence-corrected chi connectivity index (χ0v) is 9.26. The number of carbonyl (C=O) groups excluding carboxylic acids is 1. The summed E-state index contributed by atoms with van der Waals surface area (Å²) in [5, 5.41) is 0. The predicted octanol–water partition coefficient (Wildman–Crippen LogP) is 2.29. The Morgan fingerprint density at radius 3 is 2.54 bits per heavy atom. The van der Waals surface area contributed by atoms with Crippen molar-refractivity contribution in [3.63, 3.8) is 0 Å². The first kappa shape index (κ1) is 10.6. The maximum absolute atomic E-state index is 11.5. The van der Waals surface area contributed by atoms with Gasteiger partial charge in [0.2, 0.25) is 5.91 Å². The van der Waals surface area contributed by atoms with Gasteiger partial charge in [0.15, 0.2) is 0 Å². The molecule has 2 nitrogen and oxygen atoms in total. The van der Waals surface area contributed by atoms with Gasteiger partial charge in [0.1, 0.15) is 0 Å². The van der Waals surface area contributed by atoms with Crippen molar-refractivity contribution in [1.29, 1.82) is 0 Å². The van der Waals surface area contributed by atoms with Crippen molar-refractivity contribution >= 4 is 5.91 Å². The first-order valence-electron chi connectivity index (χ1n) is 5.24. The minimum Gasteiger partial charge on any atom is -0.342 e. The van der Waals surface area contributed by atoms with Gasteiger partial charge < -0.3 is 4.90 Å². The molecule has 1 unspecified atom stereocenters. The highest BCUT2D eigenvalue weighted by molar-refractivity contribution is 5.79. The van der Waals surface area contributed by atoms with Gasteiger partial charge in [-0.15, -0.1) is 0 Å². The quantitative estimate of drug-likeness (QED) is 0.657. The summed E-state index contributed by atoms with van der Waals surface area (Å²) in [6.45, 7) is 10.6. The van der Waals surface area contributed by atoms with Crippen molar-refractivity contribution in [2.75, 3.05) is 13.1 Å². The molecule has 13 heavy (non-hydrogen) atoms.